The van der Waals surface area contributed by atoms with Gasteiger partial charge < -0.3 is 29.1 Å². The van der Waals surface area contributed by atoms with Crippen molar-refractivity contribution in [3.05, 3.63) is 79.9 Å². The molecule has 0 radical (unpaired) electrons. The van der Waals surface area contributed by atoms with E-state index < -0.39 is 42.8 Å². The van der Waals surface area contributed by atoms with Crippen LogP contribution in [0.15, 0.2) is 60.7 Å². The van der Waals surface area contributed by atoms with Gasteiger partial charge in [-0.15, -0.1) is 16.4 Å². The van der Waals surface area contributed by atoms with Crippen LogP contribution >= 0.6 is 23.6 Å². The lowest BCUT2D eigenvalue weighted by molar-refractivity contribution is -0.145. The normalized spacial score (nSPS) is 17.1. The fourth-order valence-electron chi connectivity index (χ4n) is 3.87. The molecule has 0 aliphatic carbocycles. The average Bonchev–Trinajstić information content (AvgIpc) is 3.52. The highest BCUT2D eigenvalue weighted by molar-refractivity contribution is 7.80. The number of hydrogen-bond donors (Lipinski definition) is 3. The molecule has 0 spiro atoms. The van der Waals surface area contributed by atoms with Crippen LogP contribution in [0.5, 0.6) is 0 Å². The molecule has 3 heterocycles. The van der Waals surface area contributed by atoms with Gasteiger partial charge in [0.05, 0.1) is 0 Å². The third kappa shape index (κ3) is 10.3. The SMILES string of the molecule is NNC(=S)c1ccccc1.[CH2+][B-]1(C(=O)O)OC(=O)CCCC(=O)O1.[CH2+][B-]1(c2nnc(-c3ccccc3)s2)OC(=O)CCCC(=O)O1. The van der Waals surface area contributed by atoms with Crippen molar-refractivity contribution in [2.75, 3.05) is 0 Å². The molecule has 2 fully saturated rings. The molecule has 46 heavy (non-hydrogen) atoms. The zero-order valence-corrected chi connectivity index (χ0v) is 26.1. The maximum Gasteiger partial charge on any atom is 0.655 e. The van der Waals surface area contributed by atoms with Crippen LogP contribution in [-0.4, -0.2) is 63.1 Å². The van der Waals surface area contributed by atoms with Gasteiger partial charge in [0.25, 0.3) is 29.7 Å². The summed E-state index contributed by atoms with van der Waals surface area (Å²) < 4.78 is 19.5. The third-order valence-corrected chi connectivity index (χ3v) is 7.71. The van der Waals surface area contributed by atoms with Gasteiger partial charge in [-0.2, -0.15) is 5.10 Å². The maximum atomic E-state index is 11.7. The standard InChI is InChI=1S/C14H13BN2O4S.C7H9BO6.C7H8N2S/c1-15(20-11(18)8-5-9-12(19)21-15)14-17-16-13(22-14)10-6-3-2-4-7-10;1-8(7(11)12)13-5(9)3-2-4-6(10)14-8;8-9-7(10)6-4-2-1-3-5-6/h2-4,6-7H,1,5,8-9H2;1-4H2,(H,11,12);1-5H,8H2,(H,9,10). The minimum atomic E-state index is -3.12. The lowest BCUT2D eigenvalue weighted by Gasteiger charge is -2.29. The second kappa shape index (κ2) is 16.4. The Balaban J connectivity index is 0.000000206. The number of hydrazine groups is 1. The van der Waals surface area contributed by atoms with Crippen LogP contribution in [0.4, 0.5) is 4.79 Å². The number of rotatable bonds is 4. The fourth-order valence-corrected chi connectivity index (χ4v) is 4.90. The van der Waals surface area contributed by atoms with E-state index in [1.165, 1.54) is 11.3 Å². The molecule has 2 aliphatic heterocycles. The number of hydrogen-bond acceptors (Lipinski definition) is 14. The summed E-state index contributed by atoms with van der Waals surface area (Å²) in [4.78, 5) is 56.9. The van der Waals surface area contributed by atoms with E-state index in [-0.39, 0.29) is 25.7 Å². The van der Waals surface area contributed by atoms with Crippen molar-refractivity contribution in [2.45, 2.75) is 38.5 Å². The number of nitrogens with two attached hydrogens (primary N) is 1. The molecule has 4 N–H and O–H groups in total. The lowest BCUT2D eigenvalue weighted by atomic mass is 9.60. The number of benzene rings is 2. The van der Waals surface area contributed by atoms with E-state index >= 15 is 0 Å². The smallest absolute Gasteiger partial charge is 0.611 e. The molecule has 14 nitrogen and oxygen atoms in total. The molecule has 5 rings (SSSR count). The zero-order valence-electron chi connectivity index (χ0n) is 24.5. The van der Waals surface area contributed by atoms with E-state index in [1.54, 1.807) is 0 Å². The fraction of sp³-hybridized carbons (Fsp3) is 0.214. The highest BCUT2D eigenvalue weighted by Crippen LogP contribution is 2.23. The Morgan fingerprint density at radius 1 is 0.804 bits per heavy atom. The first-order chi connectivity index (χ1) is 21.8. The molecule has 2 saturated heterocycles. The van der Waals surface area contributed by atoms with Crippen molar-refractivity contribution in [2.24, 2.45) is 5.84 Å². The summed E-state index contributed by atoms with van der Waals surface area (Å²) in [5.41, 5.74) is 4.24. The monoisotopic (exact) mass is 668 g/mol. The molecule has 2 aliphatic rings. The summed E-state index contributed by atoms with van der Waals surface area (Å²) in [5.74, 6) is 1.25. The molecule has 0 unspecified atom stereocenters. The van der Waals surface area contributed by atoms with E-state index in [2.05, 4.69) is 38.6 Å². The van der Waals surface area contributed by atoms with Crippen LogP contribution in [-0.2, 0) is 37.8 Å². The molecule has 0 atom stereocenters. The van der Waals surface area contributed by atoms with E-state index in [1.807, 2.05) is 60.7 Å². The molecule has 0 saturated carbocycles. The van der Waals surface area contributed by atoms with E-state index in [4.69, 9.17) is 32.5 Å². The van der Waals surface area contributed by atoms with Gasteiger partial charge in [0.15, 0.2) is 0 Å². The van der Waals surface area contributed by atoms with E-state index in [0.717, 1.165) is 11.1 Å². The van der Waals surface area contributed by atoms with Crippen LogP contribution in [0.1, 0.15) is 44.1 Å². The van der Waals surface area contributed by atoms with Crippen molar-refractivity contribution < 1.29 is 47.7 Å². The van der Waals surface area contributed by atoms with Crippen molar-refractivity contribution in [3.8, 4) is 10.6 Å². The Morgan fingerprint density at radius 3 is 1.72 bits per heavy atom. The number of nitrogens with zero attached hydrogens (tertiary/aromatic N) is 2. The maximum absolute atomic E-state index is 11.7. The van der Waals surface area contributed by atoms with Crippen LogP contribution in [0.3, 0.4) is 0 Å². The van der Waals surface area contributed by atoms with Crippen LogP contribution in [0.2, 0.25) is 0 Å². The molecule has 3 aromatic rings. The molecule has 2 aromatic carbocycles. The van der Waals surface area contributed by atoms with Crippen molar-refractivity contribution in [3.63, 3.8) is 0 Å². The Hall–Kier alpha value is -4.93. The van der Waals surface area contributed by atoms with Crippen molar-refractivity contribution in [1.29, 1.82) is 0 Å². The molecule has 0 amide bonds. The summed E-state index contributed by atoms with van der Waals surface area (Å²) in [6.45, 7) is 1.26. The number of thiocarbonyl (C=S) groups is 1. The Labute approximate surface area is 273 Å². The molecule has 18 heteroatoms. The Kier molecular flexibility index (Phi) is 12.7. The molecule has 0 bridgehead atoms. The summed E-state index contributed by atoms with van der Waals surface area (Å²) in [6.07, 6.45) is 1.04. The number of carbonyl (C=O) groups excluding carboxylic acids is 4. The Morgan fingerprint density at radius 2 is 1.26 bits per heavy atom. The Bertz CT molecular complexity index is 1520. The van der Waals surface area contributed by atoms with Gasteiger partial charge in [-0.25, -0.2) is 5.84 Å². The highest BCUT2D eigenvalue weighted by atomic mass is 32.1. The molecule has 1 aromatic heterocycles. The minimum absolute atomic E-state index is 0.00139. The number of carboxylic acid groups (broad SMARTS) is 1. The highest BCUT2D eigenvalue weighted by Gasteiger charge is 2.49. The second-order valence-electron chi connectivity index (χ2n) is 9.89. The first-order valence-electron chi connectivity index (χ1n) is 13.9. The predicted molar refractivity (Wildman–Crippen MR) is 173 cm³/mol. The van der Waals surface area contributed by atoms with Gasteiger partial charge in [-0.3, -0.25) is 24.0 Å². The quantitative estimate of drug-likeness (QED) is 0.120. The van der Waals surface area contributed by atoms with E-state index in [0.29, 0.717) is 27.7 Å². The third-order valence-electron chi connectivity index (χ3n) is 6.19. The van der Waals surface area contributed by atoms with Crippen LogP contribution < -0.4 is 16.2 Å². The topological polar surface area (TPSA) is 206 Å². The van der Waals surface area contributed by atoms with Gasteiger partial charge in [0.2, 0.25) is 0 Å². The summed E-state index contributed by atoms with van der Waals surface area (Å²) in [7, 11) is 0. The first kappa shape index (κ1) is 35.5. The lowest BCUT2D eigenvalue weighted by Crippen LogP contribution is -2.55. The average molecular weight is 668 g/mol. The molecule has 240 valence electrons. The van der Waals surface area contributed by atoms with Crippen LogP contribution in [0, 0.1) is 13.6 Å². The van der Waals surface area contributed by atoms with Gasteiger partial charge in [-0.05, 0) is 26.5 Å². The van der Waals surface area contributed by atoms with Crippen LogP contribution in [0.25, 0.3) is 10.6 Å². The zero-order chi connectivity index (χ0) is 33.7. The largest absolute Gasteiger partial charge is 0.655 e. The van der Waals surface area contributed by atoms with Crippen molar-refractivity contribution >= 4 is 76.3 Å². The second-order valence-corrected chi connectivity index (χ2v) is 11.3. The summed E-state index contributed by atoms with van der Waals surface area (Å²) in [6, 6.07) is 19.0. The number of nitrogens with one attached hydrogen (secondary N) is 1. The van der Waals surface area contributed by atoms with Gasteiger partial charge >= 0.3 is 13.1 Å². The summed E-state index contributed by atoms with van der Waals surface area (Å²) >= 11 is 6.09. The van der Waals surface area contributed by atoms with E-state index in [9.17, 15) is 24.0 Å². The van der Waals surface area contributed by atoms with Gasteiger partial charge in [0, 0.05) is 36.8 Å². The first-order valence-corrected chi connectivity index (χ1v) is 15.2. The predicted octanol–water partition coefficient (Wildman–Crippen LogP) is 2.66. The van der Waals surface area contributed by atoms with Crippen molar-refractivity contribution in [1.82, 2.24) is 15.6 Å². The van der Waals surface area contributed by atoms with Gasteiger partial charge in [0.1, 0.15) is 14.9 Å². The number of carbonyl (C=O) groups is 5. The minimum Gasteiger partial charge on any atom is -0.611 e. The molecular formula is C28H30B2N4O10S2. The summed E-state index contributed by atoms with van der Waals surface area (Å²) in [5, 5.41) is 17.4. The molecular weight excluding hydrogens is 638 g/mol. The van der Waals surface area contributed by atoms with Gasteiger partial charge in [-0.1, -0.05) is 72.9 Å². The number of aromatic nitrogens is 2.